The number of hydrogen-bond donors (Lipinski definition) is 2. The van der Waals surface area contributed by atoms with E-state index >= 15 is 0 Å². The number of fused-ring (bicyclic) bond motifs is 3. The van der Waals surface area contributed by atoms with Crippen molar-refractivity contribution in [3.8, 4) is 11.5 Å². The molecule has 0 fully saturated rings. The van der Waals surface area contributed by atoms with Gasteiger partial charge in [0.1, 0.15) is 11.5 Å². The summed E-state index contributed by atoms with van der Waals surface area (Å²) in [6.45, 7) is 1.08. The highest BCUT2D eigenvalue weighted by Gasteiger charge is 2.30. The maximum Gasteiger partial charge on any atom is 0.156 e. The maximum absolute atomic E-state index is 5.62. The molecule has 23 heavy (non-hydrogen) atoms. The van der Waals surface area contributed by atoms with Crippen LogP contribution in [0.25, 0.3) is 10.9 Å². The zero-order valence-electron chi connectivity index (χ0n) is 13.4. The summed E-state index contributed by atoms with van der Waals surface area (Å²) in [6.07, 6.45) is 1.09. The highest BCUT2D eigenvalue weighted by atomic mass is 16.5. The van der Waals surface area contributed by atoms with Crippen molar-refractivity contribution in [1.82, 2.24) is 4.98 Å². The number of aromatic amines is 1. The lowest BCUT2D eigenvalue weighted by molar-refractivity contribution is -0.690. The van der Waals surface area contributed by atoms with Crippen LogP contribution in [0.3, 0.4) is 0 Å². The molecule has 118 valence electrons. The van der Waals surface area contributed by atoms with Crippen LogP contribution in [-0.4, -0.2) is 25.7 Å². The summed E-state index contributed by atoms with van der Waals surface area (Å²) in [4.78, 5) is 3.63. The summed E-state index contributed by atoms with van der Waals surface area (Å²) in [7, 11) is 3.39. The first-order chi connectivity index (χ1) is 11.3. The first-order valence-electron chi connectivity index (χ1n) is 7.96. The molecule has 3 aromatic rings. The van der Waals surface area contributed by atoms with Crippen molar-refractivity contribution in [1.29, 1.82) is 0 Å². The SMILES string of the molecule is COc1ccc(C2[NH2+]CCc3c2[nH]c2ccccc32)c(OC)c1. The zero-order chi connectivity index (χ0) is 15.8. The van der Waals surface area contributed by atoms with Gasteiger partial charge < -0.3 is 19.8 Å². The van der Waals surface area contributed by atoms with E-state index in [1.165, 1.54) is 27.7 Å². The van der Waals surface area contributed by atoms with Crippen molar-refractivity contribution in [3.05, 3.63) is 59.3 Å². The van der Waals surface area contributed by atoms with Crippen LogP contribution in [0.2, 0.25) is 0 Å². The summed E-state index contributed by atoms with van der Waals surface area (Å²) in [5.74, 6) is 1.69. The van der Waals surface area contributed by atoms with Crippen molar-refractivity contribution < 1.29 is 14.8 Å². The molecule has 0 spiro atoms. The van der Waals surface area contributed by atoms with Gasteiger partial charge in [0.2, 0.25) is 0 Å². The first-order valence-corrected chi connectivity index (χ1v) is 7.96. The molecule has 0 saturated heterocycles. The predicted molar refractivity (Wildman–Crippen MR) is 90.2 cm³/mol. The Labute approximate surface area is 135 Å². The molecule has 2 aromatic carbocycles. The highest BCUT2D eigenvalue weighted by Crippen LogP contribution is 2.35. The van der Waals surface area contributed by atoms with Gasteiger partial charge in [0, 0.05) is 23.4 Å². The normalized spacial score (nSPS) is 17.0. The molecule has 0 saturated carbocycles. The molecule has 4 rings (SSSR count). The summed E-state index contributed by atoms with van der Waals surface area (Å²) < 4.78 is 10.9. The average molecular weight is 309 g/mol. The van der Waals surface area contributed by atoms with Crippen molar-refractivity contribution in [2.24, 2.45) is 0 Å². The number of benzene rings is 2. The van der Waals surface area contributed by atoms with Gasteiger partial charge >= 0.3 is 0 Å². The molecule has 0 amide bonds. The van der Waals surface area contributed by atoms with Crippen LogP contribution in [0.5, 0.6) is 11.5 Å². The maximum atomic E-state index is 5.62. The van der Waals surface area contributed by atoms with Gasteiger partial charge in [-0.1, -0.05) is 18.2 Å². The van der Waals surface area contributed by atoms with Gasteiger partial charge in [-0.2, -0.15) is 0 Å². The second-order valence-corrected chi connectivity index (χ2v) is 5.92. The number of quaternary nitrogens is 1. The number of aromatic nitrogens is 1. The lowest BCUT2D eigenvalue weighted by atomic mass is 9.93. The summed E-state index contributed by atoms with van der Waals surface area (Å²) >= 11 is 0. The smallest absolute Gasteiger partial charge is 0.156 e. The molecular formula is C19H21N2O2+. The molecule has 4 nitrogen and oxygen atoms in total. The number of hydrogen-bond acceptors (Lipinski definition) is 2. The highest BCUT2D eigenvalue weighted by molar-refractivity contribution is 5.85. The lowest BCUT2D eigenvalue weighted by Gasteiger charge is -2.23. The number of methoxy groups -OCH3 is 2. The molecular weight excluding hydrogens is 288 g/mol. The van der Waals surface area contributed by atoms with Crippen LogP contribution < -0.4 is 14.8 Å². The third-order valence-electron chi connectivity index (χ3n) is 4.73. The van der Waals surface area contributed by atoms with Gasteiger partial charge in [-0.15, -0.1) is 0 Å². The second-order valence-electron chi connectivity index (χ2n) is 5.92. The van der Waals surface area contributed by atoms with Gasteiger partial charge in [0.25, 0.3) is 0 Å². The van der Waals surface area contributed by atoms with E-state index in [1.807, 2.05) is 12.1 Å². The van der Waals surface area contributed by atoms with Crippen LogP contribution in [0.1, 0.15) is 22.9 Å². The Bertz CT molecular complexity index is 854. The van der Waals surface area contributed by atoms with E-state index in [9.17, 15) is 0 Å². The fourth-order valence-corrected chi connectivity index (χ4v) is 3.63. The summed E-state index contributed by atoms with van der Waals surface area (Å²) in [6, 6.07) is 14.8. The van der Waals surface area contributed by atoms with Crippen LogP contribution in [-0.2, 0) is 6.42 Å². The van der Waals surface area contributed by atoms with Crippen molar-refractivity contribution in [2.75, 3.05) is 20.8 Å². The van der Waals surface area contributed by atoms with E-state index in [0.717, 1.165) is 24.5 Å². The van der Waals surface area contributed by atoms with Crippen molar-refractivity contribution >= 4 is 10.9 Å². The van der Waals surface area contributed by atoms with Crippen LogP contribution in [0.15, 0.2) is 42.5 Å². The topological polar surface area (TPSA) is 50.9 Å². The molecule has 1 unspecified atom stereocenters. The van der Waals surface area contributed by atoms with Gasteiger partial charge in [-0.3, -0.25) is 0 Å². The van der Waals surface area contributed by atoms with E-state index in [0.29, 0.717) is 0 Å². The van der Waals surface area contributed by atoms with E-state index in [-0.39, 0.29) is 6.04 Å². The minimum absolute atomic E-state index is 0.229. The average Bonchev–Trinajstić information content (AvgIpc) is 3.00. The quantitative estimate of drug-likeness (QED) is 0.780. The van der Waals surface area contributed by atoms with Crippen LogP contribution >= 0.6 is 0 Å². The third-order valence-corrected chi connectivity index (χ3v) is 4.73. The van der Waals surface area contributed by atoms with Gasteiger partial charge in [-0.05, 0) is 23.8 Å². The number of ether oxygens (including phenoxy) is 2. The number of nitrogens with one attached hydrogen (secondary N) is 1. The standard InChI is InChI=1S/C19H20N2O2/c1-22-12-7-8-15(17(11-12)23-2)18-19-14(9-10-20-18)13-5-3-4-6-16(13)21-19/h3-8,11,18,20-21H,9-10H2,1-2H3/p+1. The molecule has 3 N–H and O–H groups in total. The van der Waals surface area contributed by atoms with Crippen molar-refractivity contribution in [3.63, 3.8) is 0 Å². The van der Waals surface area contributed by atoms with E-state index in [2.05, 4.69) is 40.6 Å². The Morgan fingerprint density at radius 3 is 2.78 bits per heavy atom. The Balaban J connectivity index is 1.86. The zero-order valence-corrected chi connectivity index (χ0v) is 13.4. The monoisotopic (exact) mass is 309 g/mol. The first kappa shape index (κ1) is 14.2. The van der Waals surface area contributed by atoms with Crippen molar-refractivity contribution in [2.45, 2.75) is 12.5 Å². The van der Waals surface area contributed by atoms with Crippen LogP contribution in [0, 0.1) is 0 Å². The Kier molecular flexibility index (Phi) is 3.46. The van der Waals surface area contributed by atoms with E-state index in [4.69, 9.17) is 9.47 Å². The third kappa shape index (κ3) is 2.26. The number of nitrogens with two attached hydrogens (primary N) is 1. The van der Waals surface area contributed by atoms with Gasteiger partial charge in [0.15, 0.2) is 6.04 Å². The molecule has 1 aromatic heterocycles. The Morgan fingerprint density at radius 1 is 1.09 bits per heavy atom. The largest absolute Gasteiger partial charge is 0.497 e. The predicted octanol–water partition coefficient (Wildman–Crippen LogP) is 2.39. The minimum atomic E-state index is 0.229. The molecule has 2 heterocycles. The number of H-pyrrole nitrogens is 1. The summed E-state index contributed by atoms with van der Waals surface area (Å²) in [5, 5.41) is 3.72. The molecule has 0 aliphatic carbocycles. The lowest BCUT2D eigenvalue weighted by Crippen LogP contribution is -2.87. The van der Waals surface area contributed by atoms with Gasteiger partial charge in [-0.25, -0.2) is 0 Å². The minimum Gasteiger partial charge on any atom is -0.497 e. The number of rotatable bonds is 3. The van der Waals surface area contributed by atoms with E-state index < -0.39 is 0 Å². The number of para-hydroxylation sites is 1. The molecule has 1 aliphatic heterocycles. The van der Waals surface area contributed by atoms with E-state index in [1.54, 1.807) is 14.2 Å². The Morgan fingerprint density at radius 2 is 1.96 bits per heavy atom. The second kappa shape index (κ2) is 5.63. The molecule has 4 heteroatoms. The summed E-state index contributed by atoms with van der Waals surface area (Å²) in [5.41, 5.74) is 5.12. The fourth-order valence-electron chi connectivity index (χ4n) is 3.63. The fraction of sp³-hybridized carbons (Fsp3) is 0.263. The molecule has 0 radical (unpaired) electrons. The molecule has 1 aliphatic rings. The Hall–Kier alpha value is -2.46. The van der Waals surface area contributed by atoms with Crippen LogP contribution in [0.4, 0.5) is 0 Å². The molecule has 1 atom stereocenters. The molecule has 0 bridgehead atoms. The van der Waals surface area contributed by atoms with Gasteiger partial charge in [0.05, 0.1) is 32.0 Å².